The molecule has 1 aliphatic rings. The van der Waals surface area contributed by atoms with E-state index in [4.69, 9.17) is 9.31 Å². The van der Waals surface area contributed by atoms with Crippen LogP contribution in [-0.2, 0) is 18.8 Å². The number of nitrogens with one attached hydrogen (secondary N) is 1. The Labute approximate surface area is 490 Å². The van der Waals surface area contributed by atoms with E-state index in [1.807, 2.05) is 120 Å². The highest BCUT2D eigenvalue weighted by Gasteiger charge is 2.52. The minimum absolute atomic E-state index is 0.0364. The van der Waals surface area contributed by atoms with E-state index in [2.05, 4.69) is 80.4 Å². The molecule has 440 valence electrons. The number of pyridine rings is 1. The minimum atomic E-state index is -0.717. The van der Waals surface area contributed by atoms with Gasteiger partial charge >= 0.3 is 19.1 Å². The molecule has 0 saturated carbocycles. The number of aryl methyl sites for hydroxylation is 3. The number of tetrazole rings is 1. The number of carbonyl (C=O) groups is 3. The highest BCUT2D eigenvalue weighted by Crippen LogP contribution is 2.37. The van der Waals surface area contributed by atoms with Crippen LogP contribution in [0.15, 0.2) is 96.0 Å². The molecule has 3 aromatic carbocycles. The van der Waals surface area contributed by atoms with Crippen LogP contribution in [0.5, 0.6) is 0 Å². The van der Waals surface area contributed by atoms with Gasteiger partial charge in [-0.15, -0.1) is 5.10 Å². The van der Waals surface area contributed by atoms with Crippen LogP contribution in [0, 0.1) is 38.2 Å². The zero-order chi connectivity index (χ0) is 61.4. The first kappa shape index (κ1) is 64.3. The molecule has 1 saturated heterocycles. The molecule has 0 spiro atoms. The molecule has 0 bridgehead atoms. The normalized spacial score (nSPS) is 13.3. The van der Waals surface area contributed by atoms with Crippen LogP contribution in [-0.4, -0.2) is 105 Å². The van der Waals surface area contributed by atoms with Crippen molar-refractivity contribution in [1.82, 2.24) is 54.5 Å². The lowest BCUT2D eigenvalue weighted by atomic mass is 9.75. The molecular formula is C59H71BBrF3N12O7. The van der Waals surface area contributed by atoms with Crippen molar-refractivity contribution in [3.05, 3.63) is 147 Å². The van der Waals surface area contributed by atoms with Crippen LogP contribution < -0.4 is 10.8 Å². The van der Waals surface area contributed by atoms with Crippen molar-refractivity contribution in [1.29, 1.82) is 0 Å². The molecule has 0 radical (unpaired) electrons. The van der Waals surface area contributed by atoms with Crippen LogP contribution in [0.2, 0.25) is 0 Å². The molecule has 19 nitrogen and oxygen atoms in total. The number of halogens is 4. The van der Waals surface area contributed by atoms with Crippen molar-refractivity contribution in [2.24, 2.45) is 0 Å². The molecule has 5 aromatic heterocycles. The number of ether oxygens (including phenoxy) is 2. The maximum Gasteiger partial charge on any atom is 0.495 e. The van der Waals surface area contributed by atoms with Crippen molar-refractivity contribution in [2.75, 3.05) is 19.5 Å². The number of hydrogen-bond donors (Lipinski definition) is 1. The van der Waals surface area contributed by atoms with Gasteiger partial charge in [-0.25, -0.2) is 32.4 Å². The SMILES string of the molecule is CC(C)n1ccc(Br)n1.COC(=O)c1cc(-c2ccn(C(C)C)n2)c(C)cc1F.COC(=O)c1cc(B2OC(C)(C)C(C)(C)O2)c(C)cc1F.Cc1cc(F)c(C(=O)Nc2cccc(-c3nnnn3C(C)C)n2)cc1-c1ccn(C(C)C)n1. The fraction of sp³-hybridized carbons (Fsp3) is 0.390. The fourth-order valence-corrected chi connectivity index (χ4v) is 8.48. The molecule has 9 rings (SSSR count). The molecule has 1 amide bonds. The van der Waals surface area contributed by atoms with Gasteiger partial charge in [0.1, 0.15) is 33.6 Å². The van der Waals surface area contributed by atoms with Gasteiger partial charge in [-0.1, -0.05) is 6.07 Å². The molecule has 0 unspecified atom stereocenters. The maximum atomic E-state index is 14.7. The van der Waals surface area contributed by atoms with Crippen LogP contribution in [0.4, 0.5) is 19.0 Å². The Hall–Kier alpha value is -7.83. The zero-order valence-electron chi connectivity index (χ0n) is 49.8. The summed E-state index contributed by atoms with van der Waals surface area (Å²) < 4.78 is 71.5. The van der Waals surface area contributed by atoms with Crippen LogP contribution in [0.1, 0.15) is 155 Å². The molecule has 24 heteroatoms. The van der Waals surface area contributed by atoms with E-state index in [9.17, 15) is 27.6 Å². The van der Waals surface area contributed by atoms with Crippen molar-refractivity contribution in [3.8, 4) is 34.0 Å². The van der Waals surface area contributed by atoms with Gasteiger partial charge < -0.3 is 24.1 Å². The lowest BCUT2D eigenvalue weighted by Gasteiger charge is -2.32. The van der Waals surface area contributed by atoms with Crippen molar-refractivity contribution in [2.45, 2.75) is 139 Å². The van der Waals surface area contributed by atoms with Crippen molar-refractivity contribution in [3.63, 3.8) is 0 Å². The first-order chi connectivity index (χ1) is 39.0. The largest absolute Gasteiger partial charge is 0.495 e. The van der Waals surface area contributed by atoms with E-state index in [1.54, 1.807) is 43.7 Å². The molecule has 1 N–H and O–H groups in total. The first-order valence-corrected chi connectivity index (χ1v) is 27.6. The molecule has 0 atom stereocenters. The van der Waals surface area contributed by atoms with Crippen LogP contribution in [0.3, 0.4) is 0 Å². The number of rotatable bonds is 12. The first-order valence-electron chi connectivity index (χ1n) is 26.8. The number of methoxy groups -OCH3 is 2. The standard InChI is InChI=1S/C23H25FN8O.C15H20BFO4.C15H17FN2O2.C6H9BrN2/c1-13(2)31-10-9-19(28-31)16-12-17(18(24)11-15(16)5)23(33)26-21-8-6-7-20(25-21)22-27-29-30-32(22)14(3)4;1-9-7-12(17)10(13(18)19-6)8-11(9)16-20-14(2,3)15(4,5)21-16;1-9(2)18-6-5-14(17-18)11-8-12(15(19)20-4)13(16)7-10(11)3;1-5(2)9-4-3-6(7)8-9/h6-14H,1-5H3,(H,25,26,33);7-8H,1-6H3;5-9H,1-4H3;3-5H,1-2H3. The van der Waals surface area contributed by atoms with E-state index >= 15 is 0 Å². The second-order valence-corrected chi connectivity index (χ2v) is 22.5. The molecule has 8 aromatic rings. The number of aromatic nitrogens is 11. The lowest BCUT2D eigenvalue weighted by molar-refractivity contribution is 0.00578. The average molecular weight is 1210 g/mol. The Morgan fingerprint density at radius 1 is 0.602 bits per heavy atom. The Balaban J connectivity index is 0.000000192. The Bertz CT molecular complexity index is 3580. The molecule has 83 heavy (non-hydrogen) atoms. The molecular weight excluding hydrogens is 1140 g/mol. The average Bonchev–Trinajstić information content (AvgIpc) is 4.50. The van der Waals surface area contributed by atoms with E-state index in [1.165, 1.54) is 50.6 Å². The topological polar surface area (TPSA) is 210 Å². The third-order valence-electron chi connectivity index (χ3n) is 13.7. The van der Waals surface area contributed by atoms with Gasteiger partial charge in [0, 0.05) is 47.8 Å². The third-order valence-corrected chi connectivity index (χ3v) is 14.1. The summed E-state index contributed by atoms with van der Waals surface area (Å²) in [4.78, 5) is 40.6. The summed E-state index contributed by atoms with van der Waals surface area (Å²) in [6.45, 7) is 29.3. The predicted molar refractivity (Wildman–Crippen MR) is 315 cm³/mol. The van der Waals surface area contributed by atoms with E-state index in [0.29, 0.717) is 51.1 Å². The Morgan fingerprint density at radius 2 is 1.06 bits per heavy atom. The summed E-state index contributed by atoms with van der Waals surface area (Å²) in [6, 6.07) is 20.1. The summed E-state index contributed by atoms with van der Waals surface area (Å²) in [5.74, 6) is -3.08. The summed E-state index contributed by atoms with van der Waals surface area (Å²) >= 11 is 3.27. The van der Waals surface area contributed by atoms with Crippen LogP contribution in [0.25, 0.3) is 34.0 Å². The zero-order valence-corrected chi connectivity index (χ0v) is 51.4. The smallest absolute Gasteiger partial charge is 0.465 e. The van der Waals surface area contributed by atoms with Gasteiger partial charge in [-0.3, -0.25) is 18.8 Å². The van der Waals surface area contributed by atoms with Crippen LogP contribution >= 0.6 is 15.9 Å². The highest BCUT2D eigenvalue weighted by molar-refractivity contribution is 9.10. The maximum absolute atomic E-state index is 14.7. The van der Waals surface area contributed by atoms with Crippen molar-refractivity contribution < 1.29 is 46.3 Å². The fourth-order valence-electron chi connectivity index (χ4n) is 8.18. The second-order valence-electron chi connectivity index (χ2n) is 21.7. The Morgan fingerprint density at radius 3 is 1.51 bits per heavy atom. The number of benzene rings is 3. The molecule has 6 heterocycles. The predicted octanol–water partition coefficient (Wildman–Crippen LogP) is 12.3. The lowest BCUT2D eigenvalue weighted by Crippen LogP contribution is -2.41. The minimum Gasteiger partial charge on any atom is -0.465 e. The Kier molecular flexibility index (Phi) is 21.0. The van der Waals surface area contributed by atoms with E-state index in [0.717, 1.165) is 15.7 Å². The number of amides is 1. The molecule has 1 aliphatic heterocycles. The number of anilines is 1. The number of esters is 2. The molecule has 0 aliphatic carbocycles. The van der Waals surface area contributed by atoms with Gasteiger partial charge in [-0.05, 0) is 219 Å². The van der Waals surface area contributed by atoms with Gasteiger partial charge in [0.2, 0.25) is 5.82 Å². The summed E-state index contributed by atoms with van der Waals surface area (Å²) in [5.41, 5.74) is 4.75. The number of hydrogen-bond acceptors (Lipinski definition) is 14. The summed E-state index contributed by atoms with van der Waals surface area (Å²) in [7, 11) is 1.81. The van der Waals surface area contributed by atoms with E-state index in [-0.39, 0.29) is 40.6 Å². The monoisotopic (exact) mass is 1210 g/mol. The number of carbonyl (C=O) groups excluding carboxylic acids is 3. The van der Waals surface area contributed by atoms with Crippen molar-refractivity contribution >= 4 is 52.2 Å². The second kappa shape index (κ2) is 27.0. The van der Waals surface area contributed by atoms with Gasteiger partial charge in [0.05, 0.1) is 59.5 Å². The van der Waals surface area contributed by atoms with Gasteiger partial charge in [0.25, 0.3) is 5.91 Å². The summed E-state index contributed by atoms with van der Waals surface area (Å²) in [6.07, 6.45) is 5.68. The third kappa shape index (κ3) is 15.4. The quantitative estimate of drug-likeness (QED) is 0.0891. The molecule has 1 fully saturated rings. The number of nitrogens with zero attached hydrogens (tertiary/aromatic N) is 11. The highest BCUT2D eigenvalue weighted by atomic mass is 79.9. The van der Waals surface area contributed by atoms with Gasteiger partial charge in [-0.2, -0.15) is 15.3 Å². The summed E-state index contributed by atoms with van der Waals surface area (Å²) in [5, 5.41) is 27.5. The van der Waals surface area contributed by atoms with E-state index < -0.39 is 53.6 Å². The van der Waals surface area contributed by atoms with Gasteiger partial charge in [0.15, 0.2) is 0 Å².